The van der Waals surface area contributed by atoms with Crippen LogP contribution in [0.5, 0.6) is 5.88 Å². The molecule has 2 aromatic heterocycles. The average Bonchev–Trinajstić information content (AvgIpc) is 2.45. The zero-order chi connectivity index (χ0) is 11.1. The largest absolute Gasteiger partial charge is 0.574 e. The third kappa shape index (κ3) is 2.30. The van der Waals surface area contributed by atoms with Crippen LogP contribution in [-0.2, 0) is 0 Å². The van der Waals surface area contributed by atoms with Crippen LogP contribution in [0.1, 0.15) is 0 Å². The summed E-state index contributed by atoms with van der Waals surface area (Å²) < 4.78 is 40.0. The van der Waals surface area contributed by atoms with Gasteiger partial charge in [-0.2, -0.15) is 5.10 Å². The van der Waals surface area contributed by atoms with Crippen LogP contribution in [0.4, 0.5) is 13.2 Å². The number of rotatable bonds is 1. The summed E-state index contributed by atoms with van der Waals surface area (Å²) in [5.41, 5.74) is 0.494. The smallest absolute Gasteiger partial charge is 0.388 e. The summed E-state index contributed by atoms with van der Waals surface area (Å²) in [5.74, 6) is -0.491. The Morgan fingerprint density at radius 2 is 2.13 bits per heavy atom. The van der Waals surface area contributed by atoms with Gasteiger partial charge in [0.05, 0.1) is 6.20 Å². The highest BCUT2D eigenvalue weighted by molar-refractivity contribution is 14.1. The molecule has 0 radical (unpaired) electrons. The lowest BCUT2D eigenvalue weighted by Crippen LogP contribution is -2.17. The van der Waals surface area contributed by atoms with Gasteiger partial charge in [0, 0.05) is 11.5 Å². The van der Waals surface area contributed by atoms with Gasteiger partial charge in [-0.25, -0.2) is 4.98 Å². The van der Waals surface area contributed by atoms with Crippen LogP contribution in [0, 0.1) is 3.70 Å². The Labute approximate surface area is 95.0 Å². The van der Waals surface area contributed by atoms with Crippen LogP contribution in [0.2, 0.25) is 0 Å². The van der Waals surface area contributed by atoms with Gasteiger partial charge >= 0.3 is 6.36 Å². The molecule has 0 aromatic carbocycles. The number of halogens is 4. The highest BCUT2D eigenvalue weighted by atomic mass is 127. The van der Waals surface area contributed by atoms with Gasteiger partial charge in [-0.3, -0.25) is 5.10 Å². The fourth-order valence-corrected chi connectivity index (χ4v) is 1.59. The van der Waals surface area contributed by atoms with Crippen LogP contribution >= 0.6 is 22.6 Å². The molecule has 0 bridgehead atoms. The molecule has 15 heavy (non-hydrogen) atoms. The van der Waals surface area contributed by atoms with Crippen molar-refractivity contribution in [3.63, 3.8) is 0 Å². The maximum Gasteiger partial charge on any atom is 0.574 e. The van der Waals surface area contributed by atoms with E-state index in [1.807, 2.05) is 22.6 Å². The summed E-state index contributed by atoms with van der Waals surface area (Å²) in [6.45, 7) is 0. The standard InChI is InChI=1S/C7H3F3IN3O/c8-7(9,10)15-5-1-3-4(2-12-5)13-14-6(3)11/h1-2H,(H,13,14). The summed E-state index contributed by atoms with van der Waals surface area (Å²) in [7, 11) is 0. The number of H-pyrrole nitrogens is 1. The first-order valence-corrected chi connectivity index (χ1v) is 4.79. The maximum atomic E-state index is 11.9. The molecule has 0 saturated heterocycles. The highest BCUT2D eigenvalue weighted by Gasteiger charge is 2.31. The first-order chi connectivity index (χ1) is 6.96. The first-order valence-electron chi connectivity index (χ1n) is 3.71. The van der Waals surface area contributed by atoms with Crippen molar-refractivity contribution in [1.82, 2.24) is 15.2 Å². The number of ether oxygens (including phenoxy) is 1. The van der Waals surface area contributed by atoms with E-state index in [1.165, 1.54) is 12.3 Å². The van der Waals surface area contributed by atoms with E-state index in [1.54, 1.807) is 0 Å². The van der Waals surface area contributed by atoms with Crippen LogP contribution in [-0.4, -0.2) is 21.5 Å². The van der Waals surface area contributed by atoms with E-state index in [2.05, 4.69) is 19.9 Å². The van der Waals surface area contributed by atoms with Crippen molar-refractivity contribution < 1.29 is 17.9 Å². The van der Waals surface area contributed by atoms with Crippen molar-refractivity contribution in [2.24, 2.45) is 0 Å². The molecule has 2 heterocycles. The van der Waals surface area contributed by atoms with Crippen molar-refractivity contribution in [3.8, 4) is 5.88 Å². The molecule has 0 saturated carbocycles. The summed E-state index contributed by atoms with van der Waals surface area (Å²) in [5, 5.41) is 7.00. The second-order valence-corrected chi connectivity index (χ2v) is 3.70. The number of aromatic amines is 1. The topological polar surface area (TPSA) is 50.8 Å². The summed E-state index contributed by atoms with van der Waals surface area (Å²) in [4.78, 5) is 3.48. The lowest BCUT2D eigenvalue weighted by Gasteiger charge is -2.06. The van der Waals surface area contributed by atoms with Crippen molar-refractivity contribution in [1.29, 1.82) is 0 Å². The molecule has 0 spiro atoms. The van der Waals surface area contributed by atoms with E-state index in [0.717, 1.165) is 0 Å². The van der Waals surface area contributed by atoms with E-state index in [-0.39, 0.29) is 0 Å². The van der Waals surface area contributed by atoms with Crippen molar-refractivity contribution in [2.45, 2.75) is 6.36 Å². The van der Waals surface area contributed by atoms with Crippen molar-refractivity contribution in [2.75, 3.05) is 0 Å². The predicted molar refractivity (Wildman–Crippen MR) is 53.3 cm³/mol. The van der Waals surface area contributed by atoms with Crippen LogP contribution in [0.3, 0.4) is 0 Å². The van der Waals surface area contributed by atoms with E-state index < -0.39 is 12.2 Å². The number of nitrogens with one attached hydrogen (secondary N) is 1. The second kappa shape index (κ2) is 3.51. The number of nitrogens with zero attached hydrogens (tertiary/aromatic N) is 2. The average molecular weight is 329 g/mol. The number of fused-ring (bicyclic) bond motifs is 1. The zero-order valence-electron chi connectivity index (χ0n) is 6.97. The SMILES string of the molecule is FC(F)(F)Oc1cc2c(I)[nH]nc2cn1. The van der Waals surface area contributed by atoms with Gasteiger partial charge in [0.15, 0.2) is 0 Å². The summed E-state index contributed by atoms with van der Waals surface area (Å²) in [6, 6.07) is 1.19. The van der Waals surface area contributed by atoms with Gasteiger partial charge in [0.2, 0.25) is 5.88 Å². The molecule has 4 nitrogen and oxygen atoms in total. The molecule has 80 valence electrons. The molecule has 8 heteroatoms. The molecular weight excluding hydrogens is 326 g/mol. The fourth-order valence-electron chi connectivity index (χ4n) is 1.04. The highest BCUT2D eigenvalue weighted by Crippen LogP contribution is 2.25. The Kier molecular flexibility index (Phi) is 2.44. The summed E-state index contributed by atoms with van der Waals surface area (Å²) in [6.07, 6.45) is -3.51. The minimum Gasteiger partial charge on any atom is -0.388 e. The van der Waals surface area contributed by atoms with Gasteiger partial charge in [0.25, 0.3) is 0 Å². The minimum absolute atomic E-state index is 0.491. The van der Waals surface area contributed by atoms with Crippen LogP contribution < -0.4 is 4.74 Å². The lowest BCUT2D eigenvalue weighted by atomic mass is 10.3. The third-order valence-electron chi connectivity index (χ3n) is 1.59. The third-order valence-corrected chi connectivity index (χ3v) is 2.41. The molecule has 0 aliphatic carbocycles. The second-order valence-electron chi connectivity index (χ2n) is 2.63. The maximum absolute atomic E-state index is 11.9. The molecule has 2 rings (SSSR count). The number of hydrogen-bond acceptors (Lipinski definition) is 3. The quantitative estimate of drug-likeness (QED) is 0.818. The van der Waals surface area contributed by atoms with Crippen molar-refractivity contribution >= 4 is 33.5 Å². The molecule has 0 fully saturated rings. The van der Waals surface area contributed by atoms with E-state index >= 15 is 0 Å². The molecule has 2 aromatic rings. The lowest BCUT2D eigenvalue weighted by molar-refractivity contribution is -0.276. The van der Waals surface area contributed by atoms with E-state index in [4.69, 9.17) is 0 Å². The molecule has 0 atom stereocenters. The van der Waals surface area contributed by atoms with Gasteiger partial charge in [0.1, 0.15) is 9.22 Å². The van der Waals surface area contributed by atoms with Gasteiger partial charge in [-0.15, -0.1) is 13.2 Å². The van der Waals surface area contributed by atoms with Crippen LogP contribution in [0.15, 0.2) is 12.3 Å². The fraction of sp³-hybridized carbons (Fsp3) is 0.143. The van der Waals surface area contributed by atoms with Gasteiger partial charge in [-0.05, 0) is 22.6 Å². The normalized spacial score (nSPS) is 12.0. The van der Waals surface area contributed by atoms with Gasteiger partial charge in [-0.1, -0.05) is 0 Å². The number of pyridine rings is 1. The summed E-state index contributed by atoms with van der Waals surface area (Å²) >= 11 is 1.92. The van der Waals surface area contributed by atoms with Gasteiger partial charge < -0.3 is 4.74 Å². The number of aromatic nitrogens is 3. The number of hydrogen-bond donors (Lipinski definition) is 1. The van der Waals surface area contributed by atoms with E-state index in [9.17, 15) is 13.2 Å². The minimum atomic E-state index is -4.73. The Balaban J connectivity index is 2.42. The Hall–Kier alpha value is -1.06. The molecule has 1 N–H and O–H groups in total. The predicted octanol–water partition coefficient (Wildman–Crippen LogP) is 2.46. The van der Waals surface area contributed by atoms with Crippen LogP contribution in [0.25, 0.3) is 10.9 Å². The molecule has 0 aliphatic heterocycles. The van der Waals surface area contributed by atoms with Crippen molar-refractivity contribution in [3.05, 3.63) is 16.0 Å². The first kappa shape index (κ1) is 10.5. The molecule has 0 unspecified atom stereocenters. The molecular formula is C7H3F3IN3O. The zero-order valence-corrected chi connectivity index (χ0v) is 9.13. The molecule has 0 aliphatic rings. The Bertz CT molecular complexity index is 496. The monoisotopic (exact) mass is 329 g/mol. The number of alkyl halides is 3. The van der Waals surface area contributed by atoms with E-state index in [0.29, 0.717) is 14.6 Å². The Morgan fingerprint density at radius 3 is 2.80 bits per heavy atom. The molecule has 0 amide bonds. The Morgan fingerprint density at radius 1 is 1.40 bits per heavy atom.